The second-order valence-electron chi connectivity index (χ2n) is 5.37. The second-order valence-corrected chi connectivity index (χ2v) is 6.38. The Hall–Kier alpha value is -2.41. The van der Waals surface area contributed by atoms with Crippen LogP contribution in [0, 0.1) is 0 Å². The van der Waals surface area contributed by atoms with Crippen molar-refractivity contribution in [1.29, 1.82) is 0 Å². The zero-order valence-corrected chi connectivity index (χ0v) is 13.7. The Morgan fingerprint density at radius 3 is 2.65 bits per heavy atom. The summed E-state index contributed by atoms with van der Waals surface area (Å²) in [5.41, 5.74) is 1.00. The van der Waals surface area contributed by atoms with Crippen molar-refractivity contribution in [2.24, 2.45) is 0 Å². The van der Waals surface area contributed by atoms with E-state index in [1.165, 1.54) is 4.70 Å². The van der Waals surface area contributed by atoms with Gasteiger partial charge >= 0.3 is 0 Å². The van der Waals surface area contributed by atoms with Crippen LogP contribution in [-0.2, 0) is 0 Å². The highest BCUT2D eigenvalue weighted by Crippen LogP contribution is 2.31. The third-order valence-electron chi connectivity index (χ3n) is 4.01. The quantitative estimate of drug-likeness (QED) is 0.736. The summed E-state index contributed by atoms with van der Waals surface area (Å²) in [5.74, 6) is 1.79. The van der Waals surface area contributed by atoms with E-state index in [2.05, 4.69) is 25.8 Å². The first-order chi connectivity index (χ1) is 11.3. The van der Waals surface area contributed by atoms with Gasteiger partial charge in [-0.25, -0.2) is 9.97 Å². The van der Waals surface area contributed by atoms with Crippen LogP contribution in [0.2, 0.25) is 0 Å². The summed E-state index contributed by atoms with van der Waals surface area (Å²) in [6, 6.07) is 6.05. The van der Waals surface area contributed by atoms with E-state index in [9.17, 15) is 0 Å². The maximum atomic E-state index is 5.27. The second kappa shape index (κ2) is 6.00. The van der Waals surface area contributed by atoms with E-state index in [0.717, 1.165) is 48.4 Å². The lowest BCUT2D eigenvalue weighted by Crippen LogP contribution is -2.46. The SMILES string of the molecule is COc1ccc2sc(N3CCN(c4cnccn4)CC3)nc2c1. The van der Waals surface area contributed by atoms with Gasteiger partial charge in [0.05, 0.1) is 23.5 Å². The van der Waals surface area contributed by atoms with Crippen LogP contribution < -0.4 is 14.5 Å². The van der Waals surface area contributed by atoms with Gasteiger partial charge < -0.3 is 14.5 Å². The van der Waals surface area contributed by atoms with Gasteiger partial charge in [-0.1, -0.05) is 11.3 Å². The van der Waals surface area contributed by atoms with Crippen molar-refractivity contribution in [3.8, 4) is 5.75 Å². The molecule has 3 aromatic rings. The van der Waals surface area contributed by atoms with Crippen LogP contribution in [0.25, 0.3) is 10.2 Å². The average Bonchev–Trinajstić information content (AvgIpc) is 3.05. The normalized spacial score (nSPS) is 15.2. The summed E-state index contributed by atoms with van der Waals surface area (Å²) >= 11 is 1.73. The van der Waals surface area contributed by atoms with Gasteiger partial charge in [-0.3, -0.25) is 4.98 Å². The Labute approximate surface area is 138 Å². The van der Waals surface area contributed by atoms with Crippen molar-refractivity contribution >= 4 is 32.5 Å². The molecule has 0 atom stereocenters. The fraction of sp³-hybridized carbons (Fsp3) is 0.312. The molecular weight excluding hydrogens is 310 g/mol. The van der Waals surface area contributed by atoms with Gasteiger partial charge in [0.15, 0.2) is 5.13 Å². The number of nitrogens with zero attached hydrogens (tertiary/aromatic N) is 5. The Balaban J connectivity index is 1.50. The van der Waals surface area contributed by atoms with Crippen LogP contribution in [0.1, 0.15) is 0 Å². The van der Waals surface area contributed by atoms with E-state index in [1.54, 1.807) is 30.8 Å². The summed E-state index contributed by atoms with van der Waals surface area (Å²) in [6.07, 6.45) is 5.26. The molecule has 118 valence electrons. The number of hydrogen-bond donors (Lipinski definition) is 0. The molecule has 1 aliphatic heterocycles. The number of piperazine rings is 1. The fourth-order valence-corrected chi connectivity index (χ4v) is 3.74. The molecular formula is C16H17N5OS. The largest absolute Gasteiger partial charge is 0.497 e. The standard InChI is InChI=1S/C16H17N5OS/c1-22-12-2-3-14-13(10-12)19-16(23-14)21-8-6-20(7-9-21)15-11-17-4-5-18-15/h2-5,10-11H,6-9H2,1H3. The summed E-state index contributed by atoms with van der Waals surface area (Å²) in [6.45, 7) is 3.73. The van der Waals surface area contributed by atoms with E-state index in [-0.39, 0.29) is 0 Å². The van der Waals surface area contributed by atoms with Crippen molar-refractivity contribution in [2.45, 2.75) is 0 Å². The van der Waals surface area contributed by atoms with Gasteiger partial charge in [-0.2, -0.15) is 0 Å². The van der Waals surface area contributed by atoms with Crippen LogP contribution in [0.4, 0.5) is 10.9 Å². The number of methoxy groups -OCH3 is 1. The molecule has 0 amide bonds. The Kier molecular flexibility index (Phi) is 3.70. The van der Waals surface area contributed by atoms with E-state index < -0.39 is 0 Å². The molecule has 0 N–H and O–H groups in total. The molecule has 1 aliphatic rings. The van der Waals surface area contributed by atoms with Gasteiger partial charge in [0.1, 0.15) is 11.6 Å². The number of benzene rings is 1. The molecule has 0 aliphatic carbocycles. The molecule has 3 heterocycles. The number of ether oxygens (including phenoxy) is 1. The Morgan fingerprint density at radius 2 is 1.91 bits per heavy atom. The van der Waals surface area contributed by atoms with Gasteiger partial charge in [0, 0.05) is 44.6 Å². The summed E-state index contributed by atoms with van der Waals surface area (Å²) in [5, 5.41) is 1.08. The number of hydrogen-bond acceptors (Lipinski definition) is 7. The highest BCUT2D eigenvalue weighted by Gasteiger charge is 2.20. The minimum atomic E-state index is 0.849. The van der Waals surface area contributed by atoms with Crippen LogP contribution >= 0.6 is 11.3 Å². The van der Waals surface area contributed by atoms with E-state index >= 15 is 0 Å². The number of fused-ring (bicyclic) bond motifs is 1. The molecule has 4 rings (SSSR count). The smallest absolute Gasteiger partial charge is 0.186 e. The molecule has 1 aromatic carbocycles. The van der Waals surface area contributed by atoms with Crippen LogP contribution in [0.5, 0.6) is 5.75 Å². The van der Waals surface area contributed by atoms with Crippen LogP contribution in [0.15, 0.2) is 36.8 Å². The maximum Gasteiger partial charge on any atom is 0.186 e. The molecule has 0 bridgehead atoms. The first-order valence-electron chi connectivity index (χ1n) is 7.54. The van der Waals surface area contributed by atoms with Gasteiger partial charge in [0.2, 0.25) is 0 Å². The zero-order valence-electron chi connectivity index (χ0n) is 12.8. The zero-order chi connectivity index (χ0) is 15.6. The summed E-state index contributed by atoms with van der Waals surface area (Å²) < 4.78 is 6.46. The molecule has 7 heteroatoms. The molecule has 2 aromatic heterocycles. The third-order valence-corrected chi connectivity index (χ3v) is 5.10. The number of anilines is 2. The molecule has 0 saturated carbocycles. The third kappa shape index (κ3) is 2.79. The van der Waals surface area contributed by atoms with Crippen molar-refractivity contribution in [2.75, 3.05) is 43.1 Å². The monoisotopic (exact) mass is 327 g/mol. The highest BCUT2D eigenvalue weighted by atomic mass is 32.1. The van der Waals surface area contributed by atoms with Crippen LogP contribution in [0.3, 0.4) is 0 Å². The van der Waals surface area contributed by atoms with Crippen molar-refractivity contribution in [1.82, 2.24) is 15.0 Å². The van der Waals surface area contributed by atoms with Crippen molar-refractivity contribution in [3.05, 3.63) is 36.8 Å². The van der Waals surface area contributed by atoms with Gasteiger partial charge in [-0.05, 0) is 12.1 Å². The van der Waals surface area contributed by atoms with Gasteiger partial charge in [0.25, 0.3) is 0 Å². The Morgan fingerprint density at radius 1 is 1.09 bits per heavy atom. The summed E-state index contributed by atoms with van der Waals surface area (Å²) in [7, 11) is 1.68. The van der Waals surface area contributed by atoms with Crippen molar-refractivity contribution in [3.63, 3.8) is 0 Å². The molecule has 6 nitrogen and oxygen atoms in total. The minimum Gasteiger partial charge on any atom is -0.497 e. The molecule has 0 spiro atoms. The molecule has 0 radical (unpaired) electrons. The van der Waals surface area contributed by atoms with E-state index in [0.29, 0.717) is 0 Å². The number of thiazole rings is 1. The van der Waals surface area contributed by atoms with Crippen molar-refractivity contribution < 1.29 is 4.74 Å². The molecule has 0 unspecified atom stereocenters. The van der Waals surface area contributed by atoms with E-state index in [1.807, 2.05) is 18.3 Å². The number of aromatic nitrogens is 3. The lowest BCUT2D eigenvalue weighted by atomic mass is 10.3. The summed E-state index contributed by atoms with van der Waals surface area (Å²) in [4.78, 5) is 17.9. The minimum absolute atomic E-state index is 0.849. The molecule has 23 heavy (non-hydrogen) atoms. The maximum absolute atomic E-state index is 5.27. The first kappa shape index (κ1) is 14.2. The topological polar surface area (TPSA) is 54.4 Å². The average molecular weight is 327 g/mol. The molecule has 1 fully saturated rings. The predicted molar refractivity (Wildman–Crippen MR) is 92.6 cm³/mol. The number of rotatable bonds is 3. The van der Waals surface area contributed by atoms with Crippen LogP contribution in [-0.4, -0.2) is 48.2 Å². The van der Waals surface area contributed by atoms with Gasteiger partial charge in [-0.15, -0.1) is 0 Å². The lowest BCUT2D eigenvalue weighted by molar-refractivity contribution is 0.415. The highest BCUT2D eigenvalue weighted by molar-refractivity contribution is 7.22. The fourth-order valence-electron chi connectivity index (χ4n) is 2.74. The Bertz CT molecular complexity index is 799. The molecule has 1 saturated heterocycles. The lowest BCUT2D eigenvalue weighted by Gasteiger charge is -2.34. The predicted octanol–water partition coefficient (Wildman–Crippen LogP) is 2.42. The van der Waals surface area contributed by atoms with E-state index in [4.69, 9.17) is 9.72 Å². The first-order valence-corrected chi connectivity index (χ1v) is 8.35.